The lowest BCUT2D eigenvalue weighted by Crippen LogP contribution is -2.16. The number of nitrogens with one attached hydrogen (secondary N) is 1. The van der Waals surface area contributed by atoms with Crippen molar-refractivity contribution in [2.45, 2.75) is 6.92 Å². The van der Waals surface area contributed by atoms with E-state index in [1.807, 2.05) is 0 Å². The molecule has 1 amide bonds. The number of halogens is 4. The van der Waals surface area contributed by atoms with Crippen LogP contribution in [0.1, 0.15) is 16.1 Å². The second kappa shape index (κ2) is 6.62. The van der Waals surface area contributed by atoms with Gasteiger partial charge in [0, 0.05) is 12.6 Å². The van der Waals surface area contributed by atoms with Gasteiger partial charge in [0.15, 0.2) is 11.6 Å². The first-order valence-corrected chi connectivity index (χ1v) is 7.54. The molecular formula is C18H13F4N3O. The summed E-state index contributed by atoms with van der Waals surface area (Å²) in [6, 6.07) is 7.23. The van der Waals surface area contributed by atoms with Crippen molar-refractivity contribution >= 4 is 11.6 Å². The second-order valence-corrected chi connectivity index (χ2v) is 5.62. The van der Waals surface area contributed by atoms with Crippen molar-refractivity contribution in [3.8, 4) is 11.1 Å². The smallest absolute Gasteiger partial charge is 0.262 e. The fourth-order valence-electron chi connectivity index (χ4n) is 2.63. The molecule has 3 aromatic rings. The summed E-state index contributed by atoms with van der Waals surface area (Å²) >= 11 is 0. The number of hydrogen-bond acceptors (Lipinski definition) is 2. The van der Waals surface area contributed by atoms with Crippen molar-refractivity contribution in [1.29, 1.82) is 0 Å². The highest BCUT2D eigenvalue weighted by Gasteiger charge is 2.24. The van der Waals surface area contributed by atoms with Gasteiger partial charge in [-0.2, -0.15) is 9.49 Å². The molecule has 8 heteroatoms. The summed E-state index contributed by atoms with van der Waals surface area (Å²) in [5.74, 6) is -5.02. The molecular weight excluding hydrogens is 350 g/mol. The van der Waals surface area contributed by atoms with Gasteiger partial charge in [0.2, 0.25) is 5.95 Å². The number of carbonyl (C=O) groups excluding carboxylic acids is 1. The van der Waals surface area contributed by atoms with Gasteiger partial charge in [0.05, 0.1) is 11.4 Å². The Kier molecular flexibility index (Phi) is 4.50. The predicted molar refractivity (Wildman–Crippen MR) is 87.6 cm³/mol. The SMILES string of the molecule is Cc1nn(C)c(F)c1C(=O)Nc1c(-c2cccc(F)c2)ccc(F)c1F. The molecule has 0 atom stereocenters. The highest BCUT2D eigenvalue weighted by atomic mass is 19.2. The standard InChI is InChI=1S/C18H13F4N3O/c1-9-14(17(22)25(2)24-9)18(26)23-16-12(6-7-13(20)15(16)21)10-4-3-5-11(19)8-10/h3-8H,1-2H3,(H,23,26). The summed E-state index contributed by atoms with van der Waals surface area (Å²) in [5.41, 5.74) is -0.530. The quantitative estimate of drug-likeness (QED) is 0.709. The molecule has 2 aromatic carbocycles. The number of amides is 1. The molecule has 0 bridgehead atoms. The van der Waals surface area contributed by atoms with Gasteiger partial charge in [-0.25, -0.2) is 17.9 Å². The number of rotatable bonds is 3. The molecule has 26 heavy (non-hydrogen) atoms. The number of benzene rings is 2. The van der Waals surface area contributed by atoms with Crippen LogP contribution in [0.4, 0.5) is 23.2 Å². The largest absolute Gasteiger partial charge is 0.319 e. The maximum Gasteiger partial charge on any atom is 0.262 e. The third kappa shape index (κ3) is 3.05. The molecule has 0 aliphatic heterocycles. The van der Waals surface area contributed by atoms with Crippen LogP contribution < -0.4 is 5.32 Å². The number of nitrogens with zero attached hydrogens (tertiary/aromatic N) is 2. The van der Waals surface area contributed by atoms with Gasteiger partial charge in [-0.1, -0.05) is 12.1 Å². The molecule has 0 aliphatic rings. The van der Waals surface area contributed by atoms with Gasteiger partial charge in [-0.15, -0.1) is 0 Å². The Morgan fingerprint density at radius 3 is 2.46 bits per heavy atom. The maximum atomic E-state index is 14.3. The first-order chi connectivity index (χ1) is 12.3. The van der Waals surface area contributed by atoms with Crippen molar-refractivity contribution in [2.24, 2.45) is 7.05 Å². The molecule has 134 valence electrons. The Morgan fingerprint density at radius 2 is 1.85 bits per heavy atom. The number of hydrogen-bond donors (Lipinski definition) is 1. The normalized spacial score (nSPS) is 10.8. The Balaban J connectivity index is 2.09. The monoisotopic (exact) mass is 363 g/mol. The van der Waals surface area contributed by atoms with Crippen LogP contribution in [0.5, 0.6) is 0 Å². The molecule has 0 saturated carbocycles. The number of aromatic nitrogens is 2. The summed E-state index contributed by atoms with van der Waals surface area (Å²) in [7, 11) is 1.31. The van der Waals surface area contributed by atoms with Crippen LogP contribution >= 0.6 is 0 Å². The Bertz CT molecular complexity index is 1010. The van der Waals surface area contributed by atoms with E-state index < -0.39 is 35.0 Å². The molecule has 4 nitrogen and oxygen atoms in total. The van der Waals surface area contributed by atoms with Gasteiger partial charge in [0.25, 0.3) is 5.91 Å². The minimum Gasteiger partial charge on any atom is -0.319 e. The van der Waals surface area contributed by atoms with Crippen LogP contribution in [0.15, 0.2) is 36.4 Å². The summed E-state index contributed by atoms with van der Waals surface area (Å²) < 4.78 is 56.4. The van der Waals surface area contributed by atoms with Crippen LogP contribution in [0, 0.1) is 30.3 Å². The fraction of sp³-hybridized carbons (Fsp3) is 0.111. The average molecular weight is 363 g/mol. The molecule has 0 radical (unpaired) electrons. The van der Waals surface area contributed by atoms with Gasteiger partial charge >= 0.3 is 0 Å². The zero-order chi connectivity index (χ0) is 19.0. The van der Waals surface area contributed by atoms with E-state index in [0.717, 1.165) is 16.8 Å². The Labute approximate surface area is 146 Å². The lowest BCUT2D eigenvalue weighted by Gasteiger charge is -2.13. The van der Waals surface area contributed by atoms with E-state index >= 15 is 0 Å². The van der Waals surface area contributed by atoms with E-state index in [1.54, 1.807) is 0 Å². The second-order valence-electron chi connectivity index (χ2n) is 5.62. The third-order valence-corrected chi connectivity index (χ3v) is 3.85. The van der Waals surface area contributed by atoms with Crippen molar-refractivity contribution in [3.05, 3.63) is 71.1 Å². The highest BCUT2D eigenvalue weighted by Crippen LogP contribution is 2.32. The zero-order valence-corrected chi connectivity index (χ0v) is 13.8. The molecule has 0 aliphatic carbocycles. The van der Waals surface area contributed by atoms with E-state index in [9.17, 15) is 22.4 Å². The Hall–Kier alpha value is -3.16. The number of carbonyl (C=O) groups is 1. The minimum absolute atomic E-state index is 0.0544. The van der Waals surface area contributed by atoms with Crippen molar-refractivity contribution in [2.75, 3.05) is 5.32 Å². The van der Waals surface area contributed by atoms with Crippen LogP contribution in [0.3, 0.4) is 0 Å². The highest BCUT2D eigenvalue weighted by molar-refractivity contribution is 6.07. The summed E-state index contributed by atoms with van der Waals surface area (Å²) in [4.78, 5) is 12.4. The molecule has 0 spiro atoms. The van der Waals surface area contributed by atoms with Gasteiger partial charge in [-0.3, -0.25) is 4.79 Å². The minimum atomic E-state index is -1.33. The van der Waals surface area contributed by atoms with Gasteiger partial charge in [-0.05, 0) is 36.8 Å². The van der Waals surface area contributed by atoms with E-state index in [2.05, 4.69) is 10.4 Å². The van der Waals surface area contributed by atoms with E-state index in [1.165, 1.54) is 38.2 Å². The van der Waals surface area contributed by atoms with E-state index in [-0.39, 0.29) is 22.4 Å². The molecule has 1 heterocycles. The predicted octanol–water partition coefficient (Wildman–Crippen LogP) is 4.20. The van der Waals surface area contributed by atoms with Crippen molar-refractivity contribution in [3.63, 3.8) is 0 Å². The van der Waals surface area contributed by atoms with Crippen LogP contribution in [0.2, 0.25) is 0 Å². The van der Waals surface area contributed by atoms with Gasteiger partial charge in [0.1, 0.15) is 11.4 Å². The van der Waals surface area contributed by atoms with E-state index in [0.29, 0.717) is 0 Å². The first-order valence-electron chi connectivity index (χ1n) is 7.54. The summed E-state index contributed by atoms with van der Waals surface area (Å²) in [6.45, 7) is 1.41. The molecule has 0 unspecified atom stereocenters. The van der Waals surface area contributed by atoms with Crippen molar-refractivity contribution < 1.29 is 22.4 Å². The molecule has 1 N–H and O–H groups in total. The number of anilines is 1. The molecule has 1 aromatic heterocycles. The van der Waals surface area contributed by atoms with Gasteiger partial charge < -0.3 is 5.32 Å². The van der Waals surface area contributed by atoms with Crippen LogP contribution in [0.25, 0.3) is 11.1 Å². The summed E-state index contributed by atoms with van der Waals surface area (Å²) in [5, 5.41) is 5.95. The average Bonchev–Trinajstić information content (AvgIpc) is 2.84. The Morgan fingerprint density at radius 1 is 1.12 bits per heavy atom. The molecule has 3 rings (SSSR count). The summed E-state index contributed by atoms with van der Waals surface area (Å²) in [6.07, 6.45) is 0. The van der Waals surface area contributed by atoms with Crippen molar-refractivity contribution in [1.82, 2.24) is 9.78 Å². The third-order valence-electron chi connectivity index (χ3n) is 3.85. The topological polar surface area (TPSA) is 46.9 Å². The number of aryl methyl sites for hydroxylation is 2. The zero-order valence-electron chi connectivity index (χ0n) is 13.8. The van der Waals surface area contributed by atoms with Crippen LogP contribution in [-0.4, -0.2) is 15.7 Å². The molecule has 0 fully saturated rings. The maximum absolute atomic E-state index is 14.3. The van der Waals surface area contributed by atoms with E-state index in [4.69, 9.17) is 0 Å². The lowest BCUT2D eigenvalue weighted by molar-refractivity contribution is 0.102. The molecule has 0 saturated heterocycles. The first kappa shape index (κ1) is 17.7. The fourth-order valence-corrected chi connectivity index (χ4v) is 2.63. The lowest BCUT2D eigenvalue weighted by atomic mass is 10.0. The van der Waals surface area contributed by atoms with Crippen LogP contribution in [-0.2, 0) is 7.05 Å².